The van der Waals surface area contributed by atoms with Gasteiger partial charge in [-0.25, -0.2) is 0 Å². The largest absolute Gasteiger partial charge is 0.343 e. The molecule has 2 aromatic heterocycles. The second-order valence-corrected chi connectivity index (χ2v) is 8.51. The Hall–Kier alpha value is -2.33. The number of hydrogen-bond acceptors (Lipinski definition) is 2. The number of likely N-dealkylation sites (N-methyl/N-ethyl adjacent to an activating group) is 1. The molecule has 1 unspecified atom stereocenters. The molecule has 2 aliphatic heterocycles. The van der Waals surface area contributed by atoms with Gasteiger partial charge in [-0.15, -0.1) is 0 Å². The van der Waals surface area contributed by atoms with Crippen molar-refractivity contribution in [1.82, 2.24) is 9.47 Å². The van der Waals surface area contributed by atoms with Gasteiger partial charge in [-0.1, -0.05) is 11.6 Å². The summed E-state index contributed by atoms with van der Waals surface area (Å²) in [6, 6.07) is 8.97. The van der Waals surface area contributed by atoms with Crippen LogP contribution in [0.5, 0.6) is 0 Å². The summed E-state index contributed by atoms with van der Waals surface area (Å²) < 4.78 is 3.87. The number of pyridine rings is 1. The van der Waals surface area contributed by atoms with Crippen LogP contribution in [-0.2, 0) is 25.8 Å². The maximum Gasteiger partial charge on any atom is 0.231 e. The molecule has 0 saturated heterocycles. The number of aryl methyl sites for hydroxylation is 2. The van der Waals surface area contributed by atoms with E-state index in [-0.39, 0.29) is 0 Å². The summed E-state index contributed by atoms with van der Waals surface area (Å²) in [6.45, 7) is 7.42. The smallest absolute Gasteiger partial charge is 0.231 e. The van der Waals surface area contributed by atoms with Crippen LogP contribution in [0.2, 0.25) is 0 Å². The van der Waals surface area contributed by atoms with Gasteiger partial charge in [0.25, 0.3) is 0 Å². The van der Waals surface area contributed by atoms with Crippen LogP contribution in [0.4, 0.5) is 0 Å². The molecule has 0 spiro atoms. The van der Waals surface area contributed by atoms with Crippen molar-refractivity contribution in [3.63, 3.8) is 0 Å². The molecule has 4 nitrogen and oxygen atoms in total. The van der Waals surface area contributed by atoms with E-state index in [2.05, 4.69) is 41.6 Å². The van der Waals surface area contributed by atoms with Gasteiger partial charge in [-0.3, -0.25) is 5.21 Å². The topological polar surface area (TPSA) is 32.3 Å². The first-order valence-corrected chi connectivity index (χ1v) is 10.0. The zero-order chi connectivity index (χ0) is 18.7. The first-order valence-electron chi connectivity index (χ1n) is 10.0. The Labute approximate surface area is 160 Å². The van der Waals surface area contributed by atoms with Gasteiger partial charge in [0.2, 0.25) is 11.9 Å². The monoisotopic (exact) mass is 362 g/mol. The van der Waals surface area contributed by atoms with Crippen molar-refractivity contribution in [1.29, 1.82) is 0 Å². The van der Waals surface area contributed by atoms with Crippen LogP contribution in [0.25, 0.3) is 10.9 Å². The highest BCUT2D eigenvalue weighted by molar-refractivity contribution is 5.90. The van der Waals surface area contributed by atoms with Crippen LogP contribution in [-0.4, -0.2) is 34.8 Å². The SMILES string of the molecule is Cc1cc2c3c(c1)c1c(n3CC(c3ccc(C)[n+](O)c3)C2)CCN(C)CC1. The number of nitrogens with zero attached hydrogens (tertiary/aromatic N) is 3. The van der Waals surface area contributed by atoms with E-state index in [1.807, 2.05) is 19.2 Å². The second-order valence-electron chi connectivity index (χ2n) is 8.51. The summed E-state index contributed by atoms with van der Waals surface area (Å²) in [5, 5.41) is 11.6. The van der Waals surface area contributed by atoms with Crippen molar-refractivity contribution < 1.29 is 9.94 Å². The van der Waals surface area contributed by atoms with Crippen LogP contribution < -0.4 is 4.73 Å². The van der Waals surface area contributed by atoms with E-state index >= 15 is 0 Å². The Balaban J connectivity index is 1.66. The molecule has 4 heteroatoms. The Kier molecular flexibility index (Phi) is 3.80. The summed E-state index contributed by atoms with van der Waals surface area (Å²) in [7, 11) is 2.23. The lowest BCUT2D eigenvalue weighted by atomic mass is 9.88. The second kappa shape index (κ2) is 6.10. The van der Waals surface area contributed by atoms with Gasteiger partial charge in [0.15, 0.2) is 0 Å². The third-order valence-corrected chi connectivity index (χ3v) is 6.57. The lowest BCUT2D eigenvalue weighted by molar-refractivity contribution is -0.909. The highest BCUT2D eigenvalue weighted by Gasteiger charge is 2.30. The Morgan fingerprint density at radius 3 is 2.74 bits per heavy atom. The molecule has 27 heavy (non-hydrogen) atoms. The van der Waals surface area contributed by atoms with Gasteiger partial charge >= 0.3 is 0 Å². The molecular weight excluding hydrogens is 334 g/mol. The van der Waals surface area contributed by atoms with Crippen molar-refractivity contribution >= 4 is 10.9 Å². The van der Waals surface area contributed by atoms with Gasteiger partial charge in [-0.2, -0.15) is 0 Å². The van der Waals surface area contributed by atoms with Crippen LogP contribution in [0.3, 0.4) is 0 Å². The first-order chi connectivity index (χ1) is 13.0. The molecule has 2 aliphatic rings. The predicted octanol–water partition coefficient (Wildman–Crippen LogP) is 3.15. The van der Waals surface area contributed by atoms with Crippen LogP contribution in [0.1, 0.15) is 39.6 Å². The highest BCUT2D eigenvalue weighted by atomic mass is 16.5. The molecule has 0 fully saturated rings. The summed E-state index contributed by atoms with van der Waals surface area (Å²) in [5.74, 6) is 0.402. The van der Waals surface area contributed by atoms with Gasteiger partial charge < -0.3 is 9.47 Å². The lowest BCUT2D eigenvalue weighted by Crippen LogP contribution is -2.34. The third-order valence-electron chi connectivity index (χ3n) is 6.57. The van der Waals surface area contributed by atoms with E-state index < -0.39 is 0 Å². The van der Waals surface area contributed by atoms with Crippen LogP contribution >= 0.6 is 0 Å². The van der Waals surface area contributed by atoms with E-state index in [9.17, 15) is 5.21 Å². The maximum atomic E-state index is 10.1. The minimum absolute atomic E-state index is 0.402. The van der Waals surface area contributed by atoms with Crippen molar-refractivity contribution in [3.8, 4) is 0 Å². The highest BCUT2D eigenvalue weighted by Crippen LogP contribution is 2.39. The number of hydrogen-bond donors (Lipinski definition) is 1. The fourth-order valence-electron chi connectivity index (χ4n) is 5.08. The minimum Gasteiger partial charge on any atom is -0.343 e. The quantitative estimate of drug-likeness (QED) is 0.533. The van der Waals surface area contributed by atoms with Crippen LogP contribution in [0, 0.1) is 13.8 Å². The molecule has 1 atom stereocenters. The van der Waals surface area contributed by atoms with Crippen molar-refractivity contribution in [2.45, 2.75) is 45.6 Å². The average molecular weight is 362 g/mol. The fourth-order valence-corrected chi connectivity index (χ4v) is 5.08. The Morgan fingerprint density at radius 2 is 1.93 bits per heavy atom. The zero-order valence-corrected chi connectivity index (χ0v) is 16.5. The van der Waals surface area contributed by atoms with Crippen molar-refractivity contribution in [2.75, 3.05) is 20.1 Å². The zero-order valence-electron chi connectivity index (χ0n) is 16.5. The summed E-state index contributed by atoms with van der Waals surface area (Å²) >= 11 is 0. The number of aromatic nitrogens is 2. The molecule has 5 rings (SSSR count). The minimum atomic E-state index is 0.402. The van der Waals surface area contributed by atoms with E-state index in [4.69, 9.17) is 0 Å². The molecule has 3 aromatic rings. The van der Waals surface area contributed by atoms with E-state index in [1.54, 1.807) is 5.56 Å². The standard InChI is InChI=1S/C23H28N3O/c1-15-10-18-12-19(17-5-4-16(2)26(27)14-17)13-25-22-7-9-24(3)8-6-20(22)21(11-15)23(18)25/h4-5,10-11,14,19,27H,6-9,12-13H2,1-3H3/q+1. The Bertz CT molecular complexity index is 1050. The molecule has 0 aliphatic carbocycles. The van der Waals surface area contributed by atoms with Gasteiger partial charge in [0.05, 0.1) is 5.52 Å². The Morgan fingerprint density at radius 1 is 1.11 bits per heavy atom. The summed E-state index contributed by atoms with van der Waals surface area (Å²) in [6.07, 6.45) is 5.21. The van der Waals surface area contributed by atoms with E-state index in [1.165, 1.54) is 38.0 Å². The normalized spacial score (nSPS) is 19.9. The maximum absolute atomic E-state index is 10.1. The van der Waals surface area contributed by atoms with E-state index in [0.717, 1.165) is 44.6 Å². The van der Waals surface area contributed by atoms with Gasteiger partial charge in [0, 0.05) is 66.3 Å². The molecule has 0 bridgehead atoms. The fraction of sp³-hybridized carbons (Fsp3) is 0.435. The molecule has 140 valence electrons. The average Bonchev–Trinajstić information content (AvgIpc) is 2.79. The molecule has 1 N–H and O–H groups in total. The van der Waals surface area contributed by atoms with Crippen molar-refractivity contribution in [3.05, 3.63) is 64.1 Å². The molecule has 0 radical (unpaired) electrons. The van der Waals surface area contributed by atoms with Gasteiger partial charge in [0.1, 0.15) is 0 Å². The van der Waals surface area contributed by atoms with Gasteiger partial charge in [-0.05, 0) is 50.1 Å². The first kappa shape index (κ1) is 16.8. The predicted molar refractivity (Wildman–Crippen MR) is 107 cm³/mol. The number of fused-ring (bicyclic) bond motifs is 3. The van der Waals surface area contributed by atoms with Crippen molar-refractivity contribution in [2.24, 2.45) is 0 Å². The number of benzene rings is 1. The molecule has 0 saturated carbocycles. The summed E-state index contributed by atoms with van der Waals surface area (Å²) in [5.41, 5.74) is 9.48. The molecule has 0 amide bonds. The van der Waals surface area contributed by atoms with E-state index in [0.29, 0.717) is 5.92 Å². The molecule has 1 aromatic carbocycles. The molecule has 4 heterocycles. The third kappa shape index (κ3) is 2.66. The van der Waals surface area contributed by atoms with Crippen LogP contribution in [0.15, 0.2) is 30.5 Å². The number of rotatable bonds is 1. The lowest BCUT2D eigenvalue weighted by Gasteiger charge is -2.26. The summed E-state index contributed by atoms with van der Waals surface area (Å²) in [4.78, 5) is 2.45. The molecular formula is C23H28N3O+.